The lowest BCUT2D eigenvalue weighted by atomic mass is 9.89. The quantitative estimate of drug-likeness (QED) is 0.790. The lowest BCUT2D eigenvalue weighted by Gasteiger charge is -2.40. The summed E-state index contributed by atoms with van der Waals surface area (Å²) in [5.41, 5.74) is 3.52. The van der Waals surface area contributed by atoms with Gasteiger partial charge in [-0.3, -0.25) is 4.90 Å². The molecule has 1 aromatic carbocycles. The fraction of sp³-hybridized carbons (Fsp3) is 0.636. The van der Waals surface area contributed by atoms with Crippen molar-refractivity contribution in [2.24, 2.45) is 0 Å². The van der Waals surface area contributed by atoms with Crippen LogP contribution in [-0.2, 0) is 20.5 Å². The maximum Gasteiger partial charge on any atom is 0.216 e. The first-order valence-corrected chi connectivity index (χ1v) is 12.3. The summed E-state index contributed by atoms with van der Waals surface area (Å²) in [4.78, 5) is 2.65. The van der Waals surface area contributed by atoms with Gasteiger partial charge in [0.1, 0.15) is 0 Å². The SMILES string of the molecule is O=S(=O)(Cc1ccc(C=C2CCN(C3CCC3)CC2)cc1)NC1CCOCC1. The van der Waals surface area contributed by atoms with Crippen LogP contribution in [0, 0.1) is 0 Å². The molecule has 0 bridgehead atoms. The summed E-state index contributed by atoms with van der Waals surface area (Å²) in [6.07, 6.45) is 10.3. The highest BCUT2D eigenvalue weighted by molar-refractivity contribution is 7.88. The van der Waals surface area contributed by atoms with Gasteiger partial charge in [0, 0.05) is 38.4 Å². The van der Waals surface area contributed by atoms with Crippen LogP contribution in [0.25, 0.3) is 6.08 Å². The third-order valence-electron chi connectivity index (χ3n) is 6.31. The number of likely N-dealkylation sites (tertiary alicyclic amines) is 1. The van der Waals surface area contributed by atoms with E-state index in [4.69, 9.17) is 4.74 Å². The van der Waals surface area contributed by atoms with Gasteiger partial charge in [0.2, 0.25) is 10.0 Å². The van der Waals surface area contributed by atoms with Crippen molar-refractivity contribution in [3.8, 4) is 0 Å². The molecular weight excluding hydrogens is 372 g/mol. The molecule has 1 N–H and O–H groups in total. The molecule has 6 heteroatoms. The molecule has 2 aliphatic heterocycles. The van der Waals surface area contributed by atoms with Crippen molar-refractivity contribution in [3.63, 3.8) is 0 Å². The number of hydrogen-bond acceptors (Lipinski definition) is 4. The van der Waals surface area contributed by atoms with Gasteiger partial charge in [-0.2, -0.15) is 0 Å². The minimum absolute atomic E-state index is 0.00793. The van der Waals surface area contributed by atoms with Gasteiger partial charge in [-0.1, -0.05) is 42.3 Å². The maximum atomic E-state index is 12.4. The summed E-state index contributed by atoms with van der Waals surface area (Å²) >= 11 is 0. The van der Waals surface area contributed by atoms with E-state index in [-0.39, 0.29) is 11.8 Å². The number of benzene rings is 1. The molecule has 0 radical (unpaired) electrons. The second-order valence-electron chi connectivity index (χ2n) is 8.43. The Balaban J connectivity index is 1.29. The van der Waals surface area contributed by atoms with Crippen molar-refractivity contribution in [2.75, 3.05) is 26.3 Å². The summed E-state index contributed by atoms with van der Waals surface area (Å²) in [7, 11) is -3.31. The fourth-order valence-electron chi connectivity index (χ4n) is 4.35. The van der Waals surface area contributed by atoms with E-state index in [0.29, 0.717) is 13.2 Å². The molecule has 2 heterocycles. The van der Waals surface area contributed by atoms with E-state index in [9.17, 15) is 8.42 Å². The Labute approximate surface area is 169 Å². The predicted octanol–water partition coefficient (Wildman–Crippen LogP) is 3.32. The van der Waals surface area contributed by atoms with Gasteiger partial charge in [-0.25, -0.2) is 13.1 Å². The Kier molecular flexibility index (Phi) is 6.51. The van der Waals surface area contributed by atoms with E-state index in [0.717, 1.165) is 37.3 Å². The average Bonchev–Trinajstić information content (AvgIpc) is 2.64. The van der Waals surface area contributed by atoms with Gasteiger partial charge in [-0.15, -0.1) is 0 Å². The van der Waals surface area contributed by atoms with E-state index in [1.54, 1.807) is 0 Å². The van der Waals surface area contributed by atoms with Crippen LogP contribution in [-0.4, -0.2) is 51.7 Å². The molecule has 154 valence electrons. The summed E-state index contributed by atoms with van der Waals surface area (Å²) < 4.78 is 32.9. The number of piperidine rings is 1. The van der Waals surface area contributed by atoms with E-state index >= 15 is 0 Å². The molecule has 28 heavy (non-hydrogen) atoms. The van der Waals surface area contributed by atoms with E-state index in [1.807, 2.05) is 24.3 Å². The normalized spacial score (nSPS) is 22.8. The molecule has 2 saturated heterocycles. The summed E-state index contributed by atoms with van der Waals surface area (Å²) in [5, 5.41) is 0. The highest BCUT2D eigenvalue weighted by Crippen LogP contribution is 2.29. The molecule has 0 unspecified atom stereocenters. The first kappa shape index (κ1) is 20.1. The molecule has 1 aromatic rings. The van der Waals surface area contributed by atoms with Crippen LogP contribution >= 0.6 is 0 Å². The molecule has 1 saturated carbocycles. The Morgan fingerprint density at radius 3 is 2.32 bits per heavy atom. The molecule has 0 amide bonds. The molecule has 3 fully saturated rings. The predicted molar refractivity (Wildman–Crippen MR) is 112 cm³/mol. The number of nitrogens with zero attached hydrogens (tertiary/aromatic N) is 1. The first-order valence-electron chi connectivity index (χ1n) is 10.7. The zero-order valence-corrected chi connectivity index (χ0v) is 17.4. The monoisotopic (exact) mass is 404 g/mol. The van der Waals surface area contributed by atoms with Crippen LogP contribution < -0.4 is 4.72 Å². The Morgan fingerprint density at radius 2 is 1.71 bits per heavy atom. The molecule has 0 aromatic heterocycles. The van der Waals surface area contributed by atoms with Gasteiger partial charge in [-0.05, 0) is 49.7 Å². The van der Waals surface area contributed by atoms with Crippen LogP contribution in [0.4, 0.5) is 0 Å². The zero-order valence-electron chi connectivity index (χ0n) is 16.6. The number of sulfonamides is 1. The molecule has 3 aliphatic rings. The number of nitrogens with one attached hydrogen (secondary N) is 1. The summed E-state index contributed by atoms with van der Waals surface area (Å²) in [6, 6.07) is 8.83. The van der Waals surface area contributed by atoms with Gasteiger partial charge >= 0.3 is 0 Å². The minimum atomic E-state index is -3.31. The van der Waals surface area contributed by atoms with Gasteiger partial charge in [0.05, 0.1) is 5.75 Å². The van der Waals surface area contributed by atoms with Crippen molar-refractivity contribution in [1.82, 2.24) is 9.62 Å². The Morgan fingerprint density at radius 1 is 1.04 bits per heavy atom. The van der Waals surface area contributed by atoms with Gasteiger partial charge in [0.15, 0.2) is 0 Å². The maximum absolute atomic E-state index is 12.4. The van der Waals surface area contributed by atoms with Crippen molar-refractivity contribution < 1.29 is 13.2 Å². The Bertz CT molecular complexity index is 769. The average molecular weight is 405 g/mol. The van der Waals surface area contributed by atoms with E-state index in [2.05, 4.69) is 15.7 Å². The number of hydrogen-bond donors (Lipinski definition) is 1. The third kappa shape index (κ3) is 5.44. The highest BCUT2D eigenvalue weighted by Gasteiger charge is 2.26. The lowest BCUT2D eigenvalue weighted by molar-refractivity contribution is 0.0832. The van der Waals surface area contributed by atoms with Crippen molar-refractivity contribution in [3.05, 3.63) is 41.0 Å². The van der Waals surface area contributed by atoms with Crippen molar-refractivity contribution in [1.29, 1.82) is 0 Å². The van der Waals surface area contributed by atoms with Crippen LogP contribution in [0.1, 0.15) is 56.1 Å². The number of ether oxygens (including phenoxy) is 1. The van der Waals surface area contributed by atoms with Crippen LogP contribution in [0.3, 0.4) is 0 Å². The largest absolute Gasteiger partial charge is 0.381 e. The van der Waals surface area contributed by atoms with Crippen molar-refractivity contribution in [2.45, 2.75) is 62.8 Å². The Hall–Kier alpha value is -1.21. The summed E-state index contributed by atoms with van der Waals surface area (Å²) in [5.74, 6) is 0.0392. The van der Waals surface area contributed by atoms with Crippen LogP contribution in [0.5, 0.6) is 0 Å². The zero-order chi connectivity index (χ0) is 19.4. The van der Waals surface area contributed by atoms with Crippen molar-refractivity contribution >= 4 is 16.1 Å². The molecule has 5 nitrogen and oxygen atoms in total. The lowest BCUT2D eigenvalue weighted by Crippen LogP contribution is -2.43. The summed E-state index contributed by atoms with van der Waals surface area (Å²) in [6.45, 7) is 3.64. The highest BCUT2D eigenvalue weighted by atomic mass is 32.2. The fourth-order valence-corrected chi connectivity index (χ4v) is 5.81. The second-order valence-corrected chi connectivity index (χ2v) is 10.2. The third-order valence-corrected chi connectivity index (χ3v) is 7.71. The standard InChI is InChI=1S/C22H32N2O3S/c25-28(26,23-21-10-14-27-15-11-21)17-20-6-4-18(5-7-20)16-19-8-12-24(13-9-19)22-2-1-3-22/h4-7,16,21-23H,1-3,8-15,17H2. The van der Waals surface area contributed by atoms with E-state index in [1.165, 1.54) is 43.5 Å². The molecule has 4 rings (SSSR count). The topological polar surface area (TPSA) is 58.6 Å². The van der Waals surface area contributed by atoms with Gasteiger partial charge in [0.25, 0.3) is 0 Å². The second kappa shape index (κ2) is 9.08. The molecule has 0 atom stereocenters. The molecule has 0 spiro atoms. The molecular formula is C22H32N2O3S. The minimum Gasteiger partial charge on any atom is -0.381 e. The van der Waals surface area contributed by atoms with E-state index < -0.39 is 10.0 Å². The molecule has 1 aliphatic carbocycles. The smallest absolute Gasteiger partial charge is 0.216 e. The van der Waals surface area contributed by atoms with Gasteiger partial charge < -0.3 is 4.74 Å². The van der Waals surface area contributed by atoms with Crippen LogP contribution in [0.2, 0.25) is 0 Å². The first-order chi connectivity index (χ1) is 13.6. The number of rotatable bonds is 6. The van der Waals surface area contributed by atoms with Crippen LogP contribution in [0.15, 0.2) is 29.8 Å².